The van der Waals surface area contributed by atoms with Crippen molar-refractivity contribution in [3.05, 3.63) is 31.2 Å². The third-order valence-electron chi connectivity index (χ3n) is 0.526. The summed E-state index contributed by atoms with van der Waals surface area (Å²) < 4.78 is 0. The van der Waals surface area contributed by atoms with Crippen molar-refractivity contribution in [1.29, 1.82) is 0 Å². The fourth-order valence-electron chi connectivity index (χ4n) is 0.248. The Bertz CT molecular complexity index is 82.9. The summed E-state index contributed by atoms with van der Waals surface area (Å²) in [5.74, 6) is 0.486. The monoisotopic (exact) mass is 226 g/mol. The standard InChI is InChI=1S/C7H10.C3H7.Y/c1-4-5-6-7(2)3;1-3-2;/h1,4-5,7H,2-3H3;3H,1-2H3;/q-2;-1;+3. The summed E-state index contributed by atoms with van der Waals surface area (Å²) in [5.41, 5.74) is 0. The van der Waals surface area contributed by atoms with Gasteiger partial charge in [0, 0.05) is 0 Å². The van der Waals surface area contributed by atoms with E-state index in [1.807, 2.05) is 20.3 Å². The van der Waals surface area contributed by atoms with Crippen LogP contribution in [0.2, 0.25) is 0 Å². The molecule has 0 amide bonds. The minimum atomic E-state index is 0. The molecule has 0 fully saturated rings. The molecule has 0 aromatic carbocycles. The van der Waals surface area contributed by atoms with Gasteiger partial charge in [0.05, 0.1) is 0 Å². The molecule has 0 saturated carbocycles. The van der Waals surface area contributed by atoms with E-state index in [0.717, 1.165) is 0 Å². The van der Waals surface area contributed by atoms with Gasteiger partial charge in [-0.3, -0.25) is 0 Å². The van der Waals surface area contributed by atoms with Crippen LogP contribution in [0.3, 0.4) is 0 Å². The van der Waals surface area contributed by atoms with Crippen LogP contribution in [0.5, 0.6) is 0 Å². The molecule has 1 heteroatoms. The normalized spacial score (nSPS) is 8.45. The Kier molecular flexibility index (Phi) is 27.1. The first-order valence-corrected chi connectivity index (χ1v) is 3.55. The maximum atomic E-state index is 5.03. The Hall–Kier alpha value is 0.584. The molecule has 0 aromatic rings. The molecule has 0 aliphatic carbocycles. The number of hydrogen-bond donors (Lipinski definition) is 0. The van der Waals surface area contributed by atoms with Crippen LogP contribution in [0.1, 0.15) is 27.7 Å². The van der Waals surface area contributed by atoms with Gasteiger partial charge in [0.2, 0.25) is 0 Å². The second-order valence-electron chi connectivity index (χ2n) is 2.26. The van der Waals surface area contributed by atoms with Gasteiger partial charge < -0.3 is 31.2 Å². The van der Waals surface area contributed by atoms with Crippen molar-refractivity contribution in [3.8, 4) is 0 Å². The van der Waals surface area contributed by atoms with Crippen molar-refractivity contribution >= 4 is 0 Å². The summed E-state index contributed by atoms with van der Waals surface area (Å²) >= 11 is 0. The Balaban J connectivity index is -0.000000140. The molecule has 0 bridgehead atoms. The molecule has 0 aliphatic rings. The zero-order chi connectivity index (χ0) is 8.41. The van der Waals surface area contributed by atoms with Crippen molar-refractivity contribution in [3.63, 3.8) is 0 Å². The minimum Gasteiger partial charge on any atom is -0.394 e. The molecule has 0 aliphatic heterocycles. The van der Waals surface area contributed by atoms with E-state index >= 15 is 0 Å². The third kappa shape index (κ3) is 37.1. The molecule has 0 rings (SSSR count). The molecule has 0 saturated heterocycles. The van der Waals surface area contributed by atoms with Crippen LogP contribution in [0.4, 0.5) is 0 Å². The van der Waals surface area contributed by atoms with E-state index in [2.05, 4.69) is 19.9 Å². The SMILES string of the molecule is C[CH-]C.[CH-]=CC=[C-]C(C)C.[Y+3]. The summed E-state index contributed by atoms with van der Waals surface area (Å²) in [4.78, 5) is 0. The molecule has 11 heavy (non-hydrogen) atoms. The topological polar surface area (TPSA) is 0 Å². The van der Waals surface area contributed by atoms with Gasteiger partial charge in [0.15, 0.2) is 0 Å². The van der Waals surface area contributed by atoms with E-state index in [1.165, 1.54) is 6.08 Å². The smallest absolute Gasteiger partial charge is 0.394 e. The molecule has 0 heterocycles. The predicted molar refractivity (Wildman–Crippen MR) is 47.2 cm³/mol. The van der Waals surface area contributed by atoms with E-state index < -0.39 is 0 Å². The van der Waals surface area contributed by atoms with E-state index in [9.17, 15) is 0 Å². The molecule has 0 aromatic heterocycles. The zero-order valence-electron chi connectivity index (χ0n) is 7.96. The van der Waals surface area contributed by atoms with Gasteiger partial charge in [-0.25, -0.2) is 0 Å². The average molecular weight is 226 g/mol. The van der Waals surface area contributed by atoms with E-state index in [4.69, 9.17) is 6.58 Å². The minimum absolute atomic E-state index is 0. The molecule has 0 nitrogen and oxygen atoms in total. The van der Waals surface area contributed by atoms with Crippen molar-refractivity contribution in [2.24, 2.45) is 5.92 Å². The van der Waals surface area contributed by atoms with Crippen LogP contribution in [0, 0.1) is 25.0 Å². The maximum Gasteiger partial charge on any atom is 3.00 e. The van der Waals surface area contributed by atoms with Crippen LogP contribution in [-0.2, 0) is 32.7 Å². The van der Waals surface area contributed by atoms with Crippen LogP contribution < -0.4 is 0 Å². The summed E-state index contributed by atoms with van der Waals surface area (Å²) in [5, 5.41) is 0. The second-order valence-corrected chi connectivity index (χ2v) is 2.26. The fourth-order valence-corrected chi connectivity index (χ4v) is 0.248. The summed E-state index contributed by atoms with van der Waals surface area (Å²) in [6.07, 6.45) is 8.20. The Morgan fingerprint density at radius 1 is 1.36 bits per heavy atom. The fraction of sp³-hybridized carbons (Fsp3) is 0.500. The molecule has 0 radical (unpaired) electrons. The first kappa shape index (κ1) is 17.6. The predicted octanol–water partition coefficient (Wildman–Crippen LogP) is 3.22. The maximum absolute atomic E-state index is 5.03. The molecule has 60 valence electrons. The third-order valence-corrected chi connectivity index (χ3v) is 0.526. The van der Waals surface area contributed by atoms with Crippen molar-refractivity contribution < 1.29 is 32.7 Å². The van der Waals surface area contributed by atoms with E-state index in [-0.39, 0.29) is 32.7 Å². The van der Waals surface area contributed by atoms with Crippen LogP contribution >= 0.6 is 0 Å². The van der Waals surface area contributed by atoms with Crippen LogP contribution in [0.15, 0.2) is 12.2 Å². The van der Waals surface area contributed by atoms with E-state index in [0.29, 0.717) is 5.92 Å². The largest absolute Gasteiger partial charge is 3.00 e. The number of allylic oxidation sites excluding steroid dienone is 3. The van der Waals surface area contributed by atoms with Gasteiger partial charge in [-0.15, -0.1) is 5.92 Å². The van der Waals surface area contributed by atoms with Crippen LogP contribution in [-0.4, -0.2) is 0 Å². The number of rotatable bonds is 2. The molecule has 0 spiro atoms. The Morgan fingerprint density at radius 3 is 1.82 bits per heavy atom. The molecule has 0 N–H and O–H groups in total. The van der Waals surface area contributed by atoms with Gasteiger partial charge in [0.1, 0.15) is 0 Å². The summed E-state index contributed by atoms with van der Waals surface area (Å²) in [7, 11) is 0. The molecular weight excluding hydrogens is 209 g/mol. The van der Waals surface area contributed by atoms with Gasteiger partial charge in [0.25, 0.3) is 0 Å². The summed E-state index contributed by atoms with van der Waals surface area (Å²) in [6, 6.07) is 0. The first-order valence-electron chi connectivity index (χ1n) is 3.55. The molecular formula is C10H17Y. The molecule has 0 atom stereocenters. The van der Waals surface area contributed by atoms with Gasteiger partial charge in [-0.2, -0.15) is 13.8 Å². The van der Waals surface area contributed by atoms with E-state index in [1.54, 1.807) is 6.08 Å². The molecule has 0 unspecified atom stereocenters. The Morgan fingerprint density at radius 2 is 1.73 bits per heavy atom. The number of hydrogen-bond acceptors (Lipinski definition) is 0. The van der Waals surface area contributed by atoms with Crippen molar-refractivity contribution in [2.75, 3.05) is 0 Å². The second kappa shape index (κ2) is 16.9. The first-order chi connectivity index (χ1) is 4.68. The van der Waals surface area contributed by atoms with Gasteiger partial charge >= 0.3 is 32.7 Å². The van der Waals surface area contributed by atoms with Gasteiger partial charge in [-0.05, 0) is 0 Å². The van der Waals surface area contributed by atoms with Crippen molar-refractivity contribution in [1.82, 2.24) is 0 Å². The summed E-state index contributed by atoms with van der Waals surface area (Å²) in [6.45, 7) is 13.1. The average Bonchev–Trinajstić information content (AvgIpc) is 1.85. The van der Waals surface area contributed by atoms with Gasteiger partial charge in [-0.1, -0.05) is 13.8 Å². The zero-order valence-corrected chi connectivity index (χ0v) is 10.8. The quantitative estimate of drug-likeness (QED) is 0.501. The van der Waals surface area contributed by atoms with Crippen molar-refractivity contribution in [2.45, 2.75) is 27.7 Å². The Labute approximate surface area is 97.0 Å². The van der Waals surface area contributed by atoms with Crippen LogP contribution in [0.25, 0.3) is 0 Å².